The molecule has 0 radical (unpaired) electrons. The lowest BCUT2D eigenvalue weighted by molar-refractivity contribution is 0.286. The second kappa shape index (κ2) is 9.71. The number of rotatable bonds is 9. The zero-order valence-electron chi connectivity index (χ0n) is 16.3. The first-order valence-corrected chi connectivity index (χ1v) is 9.44. The van der Waals surface area contributed by atoms with Gasteiger partial charge in [0.2, 0.25) is 5.95 Å². The number of ether oxygens (including phenoxy) is 1. The number of unbranched alkanes of at least 4 members (excludes halogenated alkanes) is 1. The van der Waals surface area contributed by atoms with Gasteiger partial charge in [-0.3, -0.25) is 0 Å². The molecule has 0 spiro atoms. The maximum Gasteiger partial charge on any atom is 0.224 e. The van der Waals surface area contributed by atoms with Crippen LogP contribution in [0.5, 0.6) is 11.5 Å². The van der Waals surface area contributed by atoms with Crippen molar-refractivity contribution in [3.63, 3.8) is 0 Å². The molecule has 2 aromatic carbocycles. The maximum atomic E-state index is 8.85. The molecule has 0 fully saturated rings. The summed E-state index contributed by atoms with van der Waals surface area (Å²) in [6, 6.07) is 17.6. The second-order valence-corrected chi connectivity index (χ2v) is 6.64. The van der Waals surface area contributed by atoms with Gasteiger partial charge in [-0.1, -0.05) is 17.7 Å². The fourth-order valence-electron chi connectivity index (χ4n) is 2.65. The molecule has 28 heavy (non-hydrogen) atoms. The Morgan fingerprint density at radius 3 is 2.25 bits per heavy atom. The number of aromatic nitrogens is 2. The number of hydrogen-bond donors (Lipinski definition) is 3. The maximum absolute atomic E-state index is 8.85. The summed E-state index contributed by atoms with van der Waals surface area (Å²) < 4.78 is 5.86. The van der Waals surface area contributed by atoms with Crippen LogP contribution in [-0.4, -0.2) is 28.2 Å². The molecule has 6 heteroatoms. The quantitative estimate of drug-likeness (QED) is 0.464. The fraction of sp³-hybridized carbons (Fsp3) is 0.273. The smallest absolute Gasteiger partial charge is 0.224 e. The summed E-state index contributed by atoms with van der Waals surface area (Å²) in [6.45, 7) is 4.92. The number of aliphatic hydroxyl groups excluding tert-OH is 1. The van der Waals surface area contributed by atoms with Crippen molar-refractivity contribution < 1.29 is 9.84 Å². The average Bonchev–Trinajstić information content (AvgIpc) is 2.68. The highest BCUT2D eigenvalue weighted by atomic mass is 16.5. The molecule has 0 saturated carbocycles. The van der Waals surface area contributed by atoms with E-state index in [1.807, 2.05) is 61.5 Å². The molecule has 0 unspecified atom stereocenters. The van der Waals surface area contributed by atoms with E-state index >= 15 is 0 Å². The van der Waals surface area contributed by atoms with Crippen LogP contribution < -0.4 is 15.4 Å². The largest absolute Gasteiger partial charge is 0.457 e. The Bertz CT molecular complexity index is 880. The molecular weight excluding hydrogens is 352 g/mol. The highest BCUT2D eigenvalue weighted by Crippen LogP contribution is 2.24. The number of benzene rings is 2. The minimum absolute atomic E-state index is 0.201. The van der Waals surface area contributed by atoms with Crippen LogP contribution in [0.3, 0.4) is 0 Å². The van der Waals surface area contributed by atoms with Gasteiger partial charge in [-0.15, -0.1) is 0 Å². The molecule has 0 atom stereocenters. The zero-order valence-corrected chi connectivity index (χ0v) is 16.3. The van der Waals surface area contributed by atoms with E-state index < -0.39 is 0 Å². The van der Waals surface area contributed by atoms with Gasteiger partial charge >= 0.3 is 0 Å². The number of anilines is 3. The van der Waals surface area contributed by atoms with Crippen molar-refractivity contribution in [2.45, 2.75) is 26.7 Å². The second-order valence-electron chi connectivity index (χ2n) is 6.64. The predicted octanol–water partition coefficient (Wildman–Crippen LogP) is 4.81. The van der Waals surface area contributed by atoms with E-state index in [2.05, 4.69) is 27.5 Å². The Hall–Kier alpha value is -3.12. The standard InChI is InChI=1S/C22H26N4O2/c1-16-5-9-19(10-6-16)28-20-11-7-18(8-12-20)25-21-15-17(2)24-22(26-21)23-13-3-4-14-27/h5-12,15,27H,3-4,13-14H2,1-2H3,(H2,23,24,25,26). The van der Waals surface area contributed by atoms with E-state index in [1.54, 1.807) is 0 Å². The molecule has 0 aliphatic rings. The van der Waals surface area contributed by atoms with Gasteiger partial charge in [0.05, 0.1) is 0 Å². The van der Waals surface area contributed by atoms with Crippen molar-refractivity contribution in [1.29, 1.82) is 0 Å². The normalized spacial score (nSPS) is 10.5. The number of aryl methyl sites for hydroxylation is 2. The Balaban J connectivity index is 1.61. The Kier molecular flexibility index (Phi) is 6.81. The number of hydrogen-bond acceptors (Lipinski definition) is 6. The lowest BCUT2D eigenvalue weighted by Gasteiger charge is -2.11. The van der Waals surface area contributed by atoms with Crippen molar-refractivity contribution in [3.8, 4) is 11.5 Å². The lowest BCUT2D eigenvalue weighted by atomic mass is 10.2. The highest BCUT2D eigenvalue weighted by molar-refractivity contribution is 5.58. The van der Waals surface area contributed by atoms with Crippen LogP contribution in [0.1, 0.15) is 24.1 Å². The Morgan fingerprint density at radius 2 is 1.57 bits per heavy atom. The van der Waals surface area contributed by atoms with Crippen LogP contribution in [0.4, 0.5) is 17.5 Å². The zero-order chi connectivity index (χ0) is 19.8. The van der Waals surface area contributed by atoms with Crippen LogP contribution in [0.15, 0.2) is 54.6 Å². The van der Waals surface area contributed by atoms with Gasteiger partial charge in [0.15, 0.2) is 0 Å². The number of aliphatic hydroxyl groups is 1. The molecule has 0 bridgehead atoms. The number of nitrogens with one attached hydrogen (secondary N) is 2. The Labute approximate surface area is 165 Å². The topological polar surface area (TPSA) is 79.3 Å². The van der Waals surface area contributed by atoms with Crippen LogP contribution in [0.2, 0.25) is 0 Å². The summed E-state index contributed by atoms with van der Waals surface area (Å²) >= 11 is 0. The molecule has 0 aliphatic heterocycles. The van der Waals surface area contributed by atoms with Crippen LogP contribution in [0, 0.1) is 13.8 Å². The minimum atomic E-state index is 0.201. The third-order valence-corrected chi connectivity index (χ3v) is 4.11. The SMILES string of the molecule is Cc1ccc(Oc2ccc(Nc3cc(C)nc(NCCCCO)n3)cc2)cc1. The molecular formula is C22H26N4O2. The predicted molar refractivity (Wildman–Crippen MR) is 113 cm³/mol. The van der Waals surface area contributed by atoms with Crippen LogP contribution in [0.25, 0.3) is 0 Å². The molecule has 1 heterocycles. The molecule has 3 rings (SSSR count). The van der Waals surface area contributed by atoms with Gasteiger partial charge < -0.3 is 20.5 Å². The minimum Gasteiger partial charge on any atom is -0.457 e. The molecule has 0 saturated heterocycles. The van der Waals surface area contributed by atoms with Crippen molar-refractivity contribution in [1.82, 2.24) is 9.97 Å². The summed E-state index contributed by atoms with van der Waals surface area (Å²) in [5, 5.41) is 15.3. The molecule has 3 aromatic rings. The van der Waals surface area contributed by atoms with E-state index in [1.165, 1.54) is 5.56 Å². The average molecular weight is 378 g/mol. The third-order valence-electron chi connectivity index (χ3n) is 4.11. The summed E-state index contributed by atoms with van der Waals surface area (Å²) in [6.07, 6.45) is 1.64. The van der Waals surface area contributed by atoms with Gasteiger partial charge in [-0.2, -0.15) is 4.98 Å². The first-order valence-electron chi connectivity index (χ1n) is 9.44. The summed E-state index contributed by atoms with van der Waals surface area (Å²) in [5.74, 6) is 2.90. The van der Waals surface area contributed by atoms with Crippen LogP contribution in [-0.2, 0) is 0 Å². The van der Waals surface area contributed by atoms with Gasteiger partial charge in [-0.05, 0) is 63.1 Å². The molecule has 1 aromatic heterocycles. The van der Waals surface area contributed by atoms with E-state index in [4.69, 9.17) is 9.84 Å². The monoisotopic (exact) mass is 378 g/mol. The van der Waals surface area contributed by atoms with Gasteiger partial charge in [0.25, 0.3) is 0 Å². The van der Waals surface area contributed by atoms with Gasteiger partial charge in [-0.25, -0.2) is 4.98 Å². The highest BCUT2D eigenvalue weighted by Gasteiger charge is 2.04. The first kappa shape index (κ1) is 19.6. The molecule has 0 aliphatic carbocycles. The van der Waals surface area contributed by atoms with Crippen molar-refractivity contribution in [2.75, 3.05) is 23.8 Å². The van der Waals surface area contributed by atoms with E-state index in [0.29, 0.717) is 5.95 Å². The van der Waals surface area contributed by atoms with E-state index in [-0.39, 0.29) is 6.61 Å². The fourth-order valence-corrected chi connectivity index (χ4v) is 2.65. The molecule has 3 N–H and O–H groups in total. The van der Waals surface area contributed by atoms with Crippen molar-refractivity contribution in [3.05, 3.63) is 65.9 Å². The van der Waals surface area contributed by atoms with Gasteiger partial charge in [0.1, 0.15) is 17.3 Å². The molecule has 0 amide bonds. The lowest BCUT2D eigenvalue weighted by Crippen LogP contribution is -2.08. The van der Waals surface area contributed by atoms with Gasteiger partial charge in [0, 0.05) is 30.6 Å². The van der Waals surface area contributed by atoms with Crippen molar-refractivity contribution in [2.24, 2.45) is 0 Å². The first-order chi connectivity index (χ1) is 13.6. The third kappa shape index (κ3) is 5.96. The van der Waals surface area contributed by atoms with Crippen LogP contribution >= 0.6 is 0 Å². The van der Waals surface area contributed by atoms with E-state index in [0.717, 1.165) is 48.1 Å². The molecule has 6 nitrogen and oxygen atoms in total. The Morgan fingerprint density at radius 1 is 0.893 bits per heavy atom. The number of nitrogens with zero attached hydrogens (tertiary/aromatic N) is 2. The van der Waals surface area contributed by atoms with E-state index in [9.17, 15) is 0 Å². The van der Waals surface area contributed by atoms with Crippen molar-refractivity contribution >= 4 is 17.5 Å². The summed E-state index contributed by atoms with van der Waals surface area (Å²) in [5.41, 5.74) is 3.00. The summed E-state index contributed by atoms with van der Waals surface area (Å²) in [4.78, 5) is 8.89. The molecule has 146 valence electrons. The summed E-state index contributed by atoms with van der Waals surface area (Å²) in [7, 11) is 0.